The zero-order chi connectivity index (χ0) is 13.7. The van der Waals surface area contributed by atoms with Gasteiger partial charge in [-0.3, -0.25) is 0 Å². The molecule has 0 fully saturated rings. The number of anilines is 2. The van der Waals surface area contributed by atoms with Crippen molar-refractivity contribution in [1.29, 1.82) is 0 Å². The van der Waals surface area contributed by atoms with E-state index < -0.39 is 0 Å². The average Bonchev–Trinajstić information content (AvgIpc) is 2.46. The Morgan fingerprint density at radius 3 is 2.26 bits per heavy atom. The second-order valence-electron chi connectivity index (χ2n) is 5.04. The summed E-state index contributed by atoms with van der Waals surface area (Å²) in [7, 11) is 1.94. The van der Waals surface area contributed by atoms with Crippen molar-refractivity contribution in [2.75, 3.05) is 17.7 Å². The molecular formula is C17H22N2. The van der Waals surface area contributed by atoms with Crippen molar-refractivity contribution in [3.8, 4) is 0 Å². The number of hydrogen-bond acceptors (Lipinski definition) is 2. The van der Waals surface area contributed by atoms with E-state index in [1.165, 1.54) is 16.8 Å². The van der Waals surface area contributed by atoms with Gasteiger partial charge in [-0.25, -0.2) is 0 Å². The topological polar surface area (TPSA) is 24.1 Å². The first-order chi connectivity index (χ1) is 9.20. The molecular weight excluding hydrogens is 232 g/mol. The smallest absolute Gasteiger partial charge is 0.0400 e. The van der Waals surface area contributed by atoms with E-state index in [1.54, 1.807) is 0 Å². The van der Waals surface area contributed by atoms with Crippen LogP contribution in [-0.4, -0.2) is 7.05 Å². The largest absolute Gasteiger partial charge is 0.388 e. The van der Waals surface area contributed by atoms with Gasteiger partial charge in [-0.1, -0.05) is 44.2 Å². The van der Waals surface area contributed by atoms with Crippen LogP contribution in [0.4, 0.5) is 11.4 Å². The molecule has 2 aromatic rings. The van der Waals surface area contributed by atoms with Crippen molar-refractivity contribution in [2.45, 2.75) is 26.3 Å². The molecule has 0 saturated heterocycles. The monoisotopic (exact) mass is 254 g/mol. The molecule has 2 N–H and O–H groups in total. The fourth-order valence-electron chi connectivity index (χ4n) is 2.15. The summed E-state index contributed by atoms with van der Waals surface area (Å²) in [5.74, 6) is 0.537. The second kappa shape index (κ2) is 6.28. The highest BCUT2D eigenvalue weighted by molar-refractivity contribution is 5.53. The molecule has 19 heavy (non-hydrogen) atoms. The maximum Gasteiger partial charge on any atom is 0.0400 e. The van der Waals surface area contributed by atoms with Crippen molar-refractivity contribution < 1.29 is 0 Å². The highest BCUT2D eigenvalue weighted by Crippen LogP contribution is 2.24. The highest BCUT2D eigenvalue weighted by Gasteiger charge is 2.05. The summed E-state index contributed by atoms with van der Waals surface area (Å²) in [5, 5.41) is 6.66. The van der Waals surface area contributed by atoms with Gasteiger partial charge in [-0.15, -0.1) is 0 Å². The van der Waals surface area contributed by atoms with Gasteiger partial charge in [0, 0.05) is 25.0 Å². The van der Waals surface area contributed by atoms with Crippen LogP contribution >= 0.6 is 0 Å². The fraction of sp³-hybridized carbons (Fsp3) is 0.294. The lowest BCUT2D eigenvalue weighted by Gasteiger charge is -2.14. The second-order valence-corrected chi connectivity index (χ2v) is 5.04. The van der Waals surface area contributed by atoms with Gasteiger partial charge < -0.3 is 10.6 Å². The molecule has 0 bridgehead atoms. The normalized spacial score (nSPS) is 10.5. The van der Waals surface area contributed by atoms with Crippen LogP contribution in [0.5, 0.6) is 0 Å². The van der Waals surface area contributed by atoms with E-state index in [1.807, 2.05) is 7.05 Å². The lowest BCUT2D eigenvalue weighted by Crippen LogP contribution is -2.03. The predicted molar refractivity (Wildman–Crippen MR) is 83.8 cm³/mol. The Hall–Kier alpha value is -1.96. The SMILES string of the molecule is CNc1ccc(CNc2ccccc2C(C)C)cc1. The van der Waals surface area contributed by atoms with Crippen molar-refractivity contribution in [2.24, 2.45) is 0 Å². The molecule has 100 valence electrons. The first-order valence-electron chi connectivity index (χ1n) is 6.80. The van der Waals surface area contributed by atoms with Crippen LogP contribution < -0.4 is 10.6 Å². The number of rotatable bonds is 5. The minimum atomic E-state index is 0.537. The summed E-state index contributed by atoms with van der Waals surface area (Å²) in [6.45, 7) is 5.30. The molecule has 0 aliphatic carbocycles. The lowest BCUT2D eigenvalue weighted by molar-refractivity contribution is 0.865. The minimum absolute atomic E-state index is 0.537. The molecule has 0 atom stereocenters. The average molecular weight is 254 g/mol. The molecule has 2 aromatic carbocycles. The van der Waals surface area contributed by atoms with Gasteiger partial charge in [0.05, 0.1) is 0 Å². The van der Waals surface area contributed by atoms with Crippen molar-refractivity contribution in [3.63, 3.8) is 0 Å². The van der Waals surface area contributed by atoms with Crippen LogP contribution in [0, 0.1) is 0 Å². The van der Waals surface area contributed by atoms with E-state index in [9.17, 15) is 0 Å². The summed E-state index contributed by atoms with van der Waals surface area (Å²) in [5.41, 5.74) is 5.04. The number of nitrogens with one attached hydrogen (secondary N) is 2. The standard InChI is InChI=1S/C17H22N2/c1-13(2)16-6-4-5-7-17(16)19-12-14-8-10-15(18-3)11-9-14/h4-11,13,18-19H,12H2,1-3H3. The molecule has 0 unspecified atom stereocenters. The molecule has 0 radical (unpaired) electrons. The van der Waals surface area contributed by atoms with E-state index in [4.69, 9.17) is 0 Å². The third-order valence-corrected chi connectivity index (χ3v) is 3.31. The maximum absolute atomic E-state index is 3.53. The van der Waals surface area contributed by atoms with Crippen LogP contribution in [0.15, 0.2) is 48.5 Å². The van der Waals surface area contributed by atoms with Gasteiger partial charge in [-0.2, -0.15) is 0 Å². The highest BCUT2D eigenvalue weighted by atomic mass is 14.9. The third-order valence-electron chi connectivity index (χ3n) is 3.31. The summed E-state index contributed by atoms with van der Waals surface area (Å²) in [6, 6.07) is 17.0. The molecule has 2 nitrogen and oxygen atoms in total. The van der Waals surface area contributed by atoms with Crippen molar-refractivity contribution in [3.05, 3.63) is 59.7 Å². The molecule has 0 spiro atoms. The van der Waals surface area contributed by atoms with Gasteiger partial charge >= 0.3 is 0 Å². The molecule has 2 rings (SSSR count). The minimum Gasteiger partial charge on any atom is -0.388 e. The fourth-order valence-corrected chi connectivity index (χ4v) is 2.15. The summed E-state index contributed by atoms with van der Waals surface area (Å²) in [6.07, 6.45) is 0. The van der Waals surface area contributed by atoms with E-state index >= 15 is 0 Å². The van der Waals surface area contributed by atoms with Gasteiger partial charge in [-0.05, 0) is 35.2 Å². The Labute approximate surface area is 115 Å². The quantitative estimate of drug-likeness (QED) is 0.823. The van der Waals surface area contributed by atoms with Crippen molar-refractivity contribution in [1.82, 2.24) is 0 Å². The van der Waals surface area contributed by atoms with E-state index in [0.29, 0.717) is 5.92 Å². The molecule has 2 heteroatoms. The summed E-state index contributed by atoms with van der Waals surface area (Å²) >= 11 is 0. The predicted octanol–water partition coefficient (Wildman–Crippen LogP) is 4.46. The van der Waals surface area contributed by atoms with Gasteiger partial charge in [0.2, 0.25) is 0 Å². The Bertz CT molecular complexity index is 515. The lowest BCUT2D eigenvalue weighted by atomic mass is 10.0. The summed E-state index contributed by atoms with van der Waals surface area (Å²) in [4.78, 5) is 0. The first kappa shape index (κ1) is 13.5. The Balaban J connectivity index is 2.05. The van der Waals surface area contributed by atoms with E-state index in [0.717, 1.165) is 12.2 Å². The van der Waals surface area contributed by atoms with E-state index in [2.05, 4.69) is 73.0 Å². The zero-order valence-corrected chi connectivity index (χ0v) is 11.9. The van der Waals surface area contributed by atoms with Crippen LogP contribution in [0.25, 0.3) is 0 Å². The zero-order valence-electron chi connectivity index (χ0n) is 11.9. The maximum atomic E-state index is 3.53. The third kappa shape index (κ3) is 3.50. The Kier molecular flexibility index (Phi) is 4.45. The van der Waals surface area contributed by atoms with Crippen LogP contribution in [-0.2, 0) is 6.54 Å². The molecule has 0 aliphatic heterocycles. The van der Waals surface area contributed by atoms with Gasteiger partial charge in [0.15, 0.2) is 0 Å². The molecule has 0 aromatic heterocycles. The van der Waals surface area contributed by atoms with Crippen molar-refractivity contribution >= 4 is 11.4 Å². The number of benzene rings is 2. The molecule has 0 heterocycles. The molecule has 0 aliphatic rings. The Morgan fingerprint density at radius 1 is 0.947 bits per heavy atom. The molecule has 0 saturated carbocycles. The number of para-hydroxylation sites is 1. The number of hydrogen-bond donors (Lipinski definition) is 2. The van der Waals surface area contributed by atoms with Gasteiger partial charge in [0.1, 0.15) is 0 Å². The van der Waals surface area contributed by atoms with Gasteiger partial charge in [0.25, 0.3) is 0 Å². The summed E-state index contributed by atoms with van der Waals surface area (Å²) < 4.78 is 0. The van der Waals surface area contributed by atoms with Crippen LogP contribution in [0.3, 0.4) is 0 Å². The first-order valence-corrected chi connectivity index (χ1v) is 6.80. The molecule has 0 amide bonds. The van der Waals surface area contributed by atoms with Crippen LogP contribution in [0.1, 0.15) is 30.9 Å². The Morgan fingerprint density at radius 2 is 1.63 bits per heavy atom. The van der Waals surface area contributed by atoms with Crippen LogP contribution in [0.2, 0.25) is 0 Å². The van der Waals surface area contributed by atoms with E-state index in [-0.39, 0.29) is 0 Å².